The summed E-state index contributed by atoms with van der Waals surface area (Å²) >= 11 is 1.64. The van der Waals surface area contributed by atoms with Crippen LogP contribution in [0.4, 0.5) is 5.82 Å². The van der Waals surface area contributed by atoms with Crippen LogP contribution in [0.1, 0.15) is 25.7 Å². The third-order valence-electron chi connectivity index (χ3n) is 6.36. The fourth-order valence-corrected chi connectivity index (χ4v) is 5.25. The zero-order valence-corrected chi connectivity index (χ0v) is 17.6. The van der Waals surface area contributed by atoms with Crippen LogP contribution >= 0.6 is 11.3 Å². The number of thiophene rings is 1. The van der Waals surface area contributed by atoms with Crippen LogP contribution in [0.2, 0.25) is 0 Å². The summed E-state index contributed by atoms with van der Waals surface area (Å²) in [5.41, 5.74) is 0.960. The SMILES string of the molecule is O=C1COC(CNc2ncnc3ccsc23)CN1CC1CCN(CC2CC2)CC1. The van der Waals surface area contributed by atoms with Gasteiger partial charge in [0.05, 0.1) is 16.3 Å². The zero-order chi connectivity index (χ0) is 19.6. The lowest BCUT2D eigenvalue weighted by atomic mass is 9.95. The van der Waals surface area contributed by atoms with E-state index in [0.29, 0.717) is 19.0 Å². The number of morpholine rings is 1. The highest BCUT2D eigenvalue weighted by Crippen LogP contribution is 2.31. The van der Waals surface area contributed by atoms with Gasteiger partial charge in [-0.15, -0.1) is 11.3 Å². The fraction of sp³-hybridized carbons (Fsp3) is 0.667. The molecule has 2 aliphatic heterocycles. The number of carbonyl (C=O) groups excluding carboxylic acids is 1. The summed E-state index contributed by atoms with van der Waals surface area (Å²) < 4.78 is 6.85. The van der Waals surface area contributed by atoms with Crippen LogP contribution in [0.25, 0.3) is 10.2 Å². The molecule has 2 saturated heterocycles. The number of hydrogen-bond acceptors (Lipinski definition) is 7. The molecular formula is C21H29N5O2S. The van der Waals surface area contributed by atoms with E-state index in [9.17, 15) is 4.79 Å². The van der Waals surface area contributed by atoms with Gasteiger partial charge in [0, 0.05) is 26.2 Å². The van der Waals surface area contributed by atoms with Crippen molar-refractivity contribution in [1.82, 2.24) is 19.8 Å². The van der Waals surface area contributed by atoms with Crippen molar-refractivity contribution in [3.8, 4) is 0 Å². The highest BCUT2D eigenvalue weighted by atomic mass is 32.1. The second-order valence-electron chi connectivity index (χ2n) is 8.66. The molecule has 0 spiro atoms. The van der Waals surface area contributed by atoms with Crippen molar-refractivity contribution in [2.24, 2.45) is 11.8 Å². The molecule has 1 atom stereocenters. The summed E-state index contributed by atoms with van der Waals surface area (Å²) in [6, 6.07) is 2.00. The molecule has 3 fully saturated rings. The quantitative estimate of drug-likeness (QED) is 0.749. The Morgan fingerprint density at radius 3 is 2.79 bits per heavy atom. The zero-order valence-electron chi connectivity index (χ0n) is 16.8. The van der Waals surface area contributed by atoms with Crippen LogP contribution in [-0.4, -0.2) is 77.7 Å². The fourth-order valence-electron chi connectivity index (χ4n) is 4.43. The molecule has 5 rings (SSSR count). The predicted octanol–water partition coefficient (Wildman–Crippen LogP) is 2.45. The summed E-state index contributed by atoms with van der Waals surface area (Å²) in [4.78, 5) is 25.7. The van der Waals surface area contributed by atoms with Gasteiger partial charge < -0.3 is 19.9 Å². The number of fused-ring (bicyclic) bond motifs is 1. The molecule has 0 bridgehead atoms. The Hall–Kier alpha value is -1.77. The number of nitrogens with one attached hydrogen (secondary N) is 1. The molecule has 1 unspecified atom stereocenters. The normalized spacial score (nSPS) is 24.3. The summed E-state index contributed by atoms with van der Waals surface area (Å²) in [5, 5.41) is 5.43. The van der Waals surface area contributed by atoms with Crippen LogP contribution in [-0.2, 0) is 9.53 Å². The first-order chi connectivity index (χ1) is 14.2. The maximum atomic E-state index is 12.4. The van der Waals surface area contributed by atoms with Crippen LogP contribution in [0.15, 0.2) is 17.8 Å². The molecule has 1 saturated carbocycles. The Labute approximate surface area is 175 Å². The van der Waals surface area contributed by atoms with E-state index in [1.54, 1.807) is 17.7 Å². The van der Waals surface area contributed by atoms with Gasteiger partial charge in [-0.2, -0.15) is 0 Å². The summed E-state index contributed by atoms with van der Waals surface area (Å²) in [6.07, 6.45) is 6.84. The average Bonchev–Trinajstić information content (AvgIpc) is 3.42. The number of nitrogens with zero attached hydrogens (tertiary/aromatic N) is 4. The molecule has 0 radical (unpaired) electrons. The molecule has 7 nitrogen and oxygen atoms in total. The van der Waals surface area contributed by atoms with Gasteiger partial charge in [0.25, 0.3) is 0 Å². The van der Waals surface area contributed by atoms with Gasteiger partial charge in [-0.25, -0.2) is 9.97 Å². The number of rotatable bonds is 7. The van der Waals surface area contributed by atoms with Crippen molar-refractivity contribution < 1.29 is 9.53 Å². The maximum Gasteiger partial charge on any atom is 0.248 e. The number of anilines is 1. The monoisotopic (exact) mass is 415 g/mol. The van der Waals surface area contributed by atoms with E-state index in [1.807, 2.05) is 16.3 Å². The highest BCUT2D eigenvalue weighted by Gasteiger charge is 2.31. The Balaban J connectivity index is 1.11. The number of hydrogen-bond donors (Lipinski definition) is 1. The minimum Gasteiger partial charge on any atom is -0.366 e. The number of likely N-dealkylation sites (tertiary alicyclic amines) is 1. The Morgan fingerprint density at radius 2 is 1.97 bits per heavy atom. The van der Waals surface area contributed by atoms with Crippen LogP contribution in [0, 0.1) is 11.8 Å². The van der Waals surface area contributed by atoms with E-state index in [4.69, 9.17) is 4.74 Å². The van der Waals surface area contributed by atoms with E-state index in [2.05, 4.69) is 20.2 Å². The van der Waals surface area contributed by atoms with E-state index >= 15 is 0 Å². The number of carbonyl (C=O) groups is 1. The minimum absolute atomic E-state index is 0.00682. The third-order valence-corrected chi connectivity index (χ3v) is 7.27. The maximum absolute atomic E-state index is 12.4. The van der Waals surface area contributed by atoms with Crippen molar-refractivity contribution in [2.45, 2.75) is 31.8 Å². The van der Waals surface area contributed by atoms with Gasteiger partial charge in [0.15, 0.2) is 0 Å². The first kappa shape index (κ1) is 19.2. The van der Waals surface area contributed by atoms with Crippen molar-refractivity contribution in [1.29, 1.82) is 0 Å². The van der Waals surface area contributed by atoms with E-state index in [1.165, 1.54) is 45.3 Å². The lowest BCUT2D eigenvalue weighted by Crippen LogP contribution is -2.51. The average molecular weight is 416 g/mol. The largest absolute Gasteiger partial charge is 0.366 e. The van der Waals surface area contributed by atoms with Crippen molar-refractivity contribution in [2.75, 3.05) is 51.2 Å². The van der Waals surface area contributed by atoms with Crippen LogP contribution < -0.4 is 5.32 Å². The van der Waals surface area contributed by atoms with Crippen LogP contribution in [0.3, 0.4) is 0 Å². The number of amides is 1. The van der Waals surface area contributed by atoms with Crippen molar-refractivity contribution >= 4 is 33.3 Å². The van der Waals surface area contributed by atoms with Crippen molar-refractivity contribution in [3.63, 3.8) is 0 Å². The molecule has 4 heterocycles. The lowest BCUT2D eigenvalue weighted by Gasteiger charge is -2.38. The Morgan fingerprint density at radius 1 is 1.14 bits per heavy atom. The third kappa shape index (κ3) is 4.70. The molecule has 3 aliphatic rings. The first-order valence-corrected chi connectivity index (χ1v) is 11.7. The lowest BCUT2D eigenvalue weighted by molar-refractivity contribution is -0.149. The molecule has 29 heavy (non-hydrogen) atoms. The van der Waals surface area contributed by atoms with Gasteiger partial charge in [0.1, 0.15) is 18.8 Å². The molecule has 1 aliphatic carbocycles. The minimum atomic E-state index is -0.00682. The highest BCUT2D eigenvalue weighted by molar-refractivity contribution is 7.17. The van der Waals surface area contributed by atoms with Gasteiger partial charge in [-0.1, -0.05) is 0 Å². The second kappa shape index (κ2) is 8.53. The second-order valence-corrected chi connectivity index (χ2v) is 9.57. The number of aromatic nitrogens is 2. The van der Waals surface area contributed by atoms with Crippen LogP contribution in [0.5, 0.6) is 0 Å². The molecule has 0 aromatic carbocycles. The van der Waals surface area contributed by atoms with E-state index in [-0.39, 0.29) is 18.6 Å². The molecule has 2 aromatic heterocycles. The Bertz CT molecular complexity index is 846. The predicted molar refractivity (Wildman–Crippen MR) is 114 cm³/mol. The summed E-state index contributed by atoms with van der Waals surface area (Å²) in [7, 11) is 0. The molecular weight excluding hydrogens is 386 g/mol. The van der Waals surface area contributed by atoms with E-state index < -0.39 is 0 Å². The summed E-state index contributed by atoms with van der Waals surface area (Å²) in [5.74, 6) is 2.56. The topological polar surface area (TPSA) is 70.6 Å². The van der Waals surface area contributed by atoms with Gasteiger partial charge >= 0.3 is 0 Å². The molecule has 1 amide bonds. The van der Waals surface area contributed by atoms with Gasteiger partial charge in [0.2, 0.25) is 5.91 Å². The Kier molecular flexibility index (Phi) is 5.65. The molecule has 2 aromatic rings. The standard InChI is InChI=1S/C21H29N5O2S/c27-19-13-28-17(9-22-21-20-18(5-8-29-20)23-14-24-21)12-26(19)11-16-3-6-25(7-4-16)10-15-1-2-15/h5,8,14-17H,1-4,6-7,9-13H2,(H,22,23,24). The summed E-state index contributed by atoms with van der Waals surface area (Å²) in [6.45, 7) is 6.03. The van der Waals surface area contributed by atoms with Crippen molar-refractivity contribution in [3.05, 3.63) is 17.8 Å². The molecule has 156 valence electrons. The molecule has 8 heteroatoms. The number of piperidine rings is 1. The van der Waals surface area contributed by atoms with Gasteiger partial charge in [-0.05, 0) is 62.1 Å². The smallest absolute Gasteiger partial charge is 0.248 e. The first-order valence-electron chi connectivity index (χ1n) is 10.8. The van der Waals surface area contributed by atoms with E-state index in [0.717, 1.165) is 28.5 Å². The number of ether oxygens (including phenoxy) is 1. The van der Waals surface area contributed by atoms with Gasteiger partial charge in [-0.3, -0.25) is 4.79 Å². The molecule has 1 N–H and O–H groups in total.